The molecule has 0 saturated carbocycles. The fourth-order valence-corrected chi connectivity index (χ4v) is 38.1. The Morgan fingerprint density at radius 2 is 0.685 bits per heavy atom. The number of hydrogen-bond acceptors (Lipinski definition) is 11. The normalized spacial score (nSPS) is 16.4. The van der Waals surface area contributed by atoms with Crippen molar-refractivity contribution in [1.82, 2.24) is 0 Å². The predicted molar refractivity (Wildman–Crippen MR) is 243 cm³/mol. The van der Waals surface area contributed by atoms with Gasteiger partial charge in [-0.3, -0.25) is 0 Å². The molecule has 0 saturated heterocycles. The number of ether oxygens (including phenoxy) is 3. The molecular weight excluding hydrogens is 805 g/mol. The molecule has 4 atom stereocenters. The lowest BCUT2D eigenvalue weighted by Gasteiger charge is -2.41. The van der Waals surface area contributed by atoms with E-state index in [2.05, 4.69) is 98.2 Å². The Labute approximate surface area is 341 Å². The maximum Gasteiger partial charge on any atom is 0.315 e. The summed E-state index contributed by atoms with van der Waals surface area (Å²) in [4.78, 5) is 0. The van der Waals surface area contributed by atoms with E-state index < -0.39 is 59.0 Å². The van der Waals surface area contributed by atoms with E-state index >= 15 is 0 Å². The molecule has 0 aromatic heterocycles. The molecule has 11 nitrogen and oxygen atoms in total. The van der Waals surface area contributed by atoms with E-state index in [1.807, 2.05) is 20.8 Å². The maximum absolute atomic E-state index is 9.56. The van der Waals surface area contributed by atoms with Crippen LogP contribution in [0.4, 0.5) is 0 Å². The number of aliphatic hydroxyl groups excluding tert-OH is 3. The Morgan fingerprint density at radius 1 is 0.389 bits per heavy atom. The molecule has 0 fully saturated rings. The zero-order chi connectivity index (χ0) is 42.5. The van der Waals surface area contributed by atoms with Crippen LogP contribution in [0.1, 0.15) is 59.3 Å². The minimum Gasteiger partial charge on any atom is -0.437 e. The van der Waals surface area contributed by atoms with Gasteiger partial charge in [0.05, 0.1) is 38.1 Å². The van der Waals surface area contributed by atoms with E-state index in [9.17, 15) is 15.3 Å². The Hall–Kier alpha value is 1.08. The van der Waals surface area contributed by atoms with Gasteiger partial charge in [-0.25, -0.2) is 0 Å². The lowest BCUT2D eigenvalue weighted by atomic mass is 10.3. The third-order valence-electron chi connectivity index (χ3n) is 7.98. The van der Waals surface area contributed by atoms with E-state index in [4.69, 9.17) is 34.8 Å². The zero-order valence-electron chi connectivity index (χ0n) is 38.4. The number of aliphatic hydroxyl groups is 3. The number of hydrogen-bond donors (Lipinski definition) is 3. The predicted octanol–water partition coefficient (Wildman–Crippen LogP) is 9.14. The van der Waals surface area contributed by atoms with Gasteiger partial charge in [0.15, 0.2) is 33.3 Å². The van der Waals surface area contributed by atoms with Gasteiger partial charge in [0.2, 0.25) is 0 Å². The van der Waals surface area contributed by atoms with Crippen LogP contribution < -0.4 is 0 Å². The van der Waals surface area contributed by atoms with Gasteiger partial charge in [0, 0.05) is 19.8 Å². The van der Waals surface area contributed by atoms with Crippen LogP contribution in [0.3, 0.4) is 0 Å². The van der Waals surface area contributed by atoms with Crippen molar-refractivity contribution < 1.29 is 50.1 Å². The van der Waals surface area contributed by atoms with E-state index in [0.717, 1.165) is 56.7 Å². The quantitative estimate of drug-likeness (QED) is 0.0455. The van der Waals surface area contributed by atoms with Crippen LogP contribution >= 0.6 is 0 Å². The zero-order valence-corrected chi connectivity index (χ0v) is 45.4. The second-order valence-corrected chi connectivity index (χ2v) is 47.8. The van der Waals surface area contributed by atoms with Gasteiger partial charge in [-0.15, -0.1) is 0 Å². The summed E-state index contributed by atoms with van der Waals surface area (Å²) in [5, 5.41) is 28.6. The highest BCUT2D eigenvalue weighted by molar-refractivity contribution is 6.89. The maximum atomic E-state index is 9.56. The molecule has 0 aromatic rings. The van der Waals surface area contributed by atoms with E-state index in [1.165, 1.54) is 0 Å². The SMILES string of the molecule is CCC(O)COCCC[Si](C)(C)O[Si](C)(C)O[Si](C)(C)CCCOCC(O)CC.CCC(O)COCCC[Si](C)(O[Si](C)(C)C)O[Si](C)(C)O[Si](C)(C)C. The van der Waals surface area contributed by atoms with E-state index in [1.54, 1.807) is 0 Å². The van der Waals surface area contributed by atoms with Crippen molar-refractivity contribution >= 4 is 59.0 Å². The van der Waals surface area contributed by atoms with Gasteiger partial charge in [0.25, 0.3) is 0 Å². The van der Waals surface area contributed by atoms with E-state index in [-0.39, 0.29) is 18.3 Å². The van der Waals surface area contributed by atoms with Gasteiger partial charge in [-0.2, -0.15) is 0 Å². The summed E-state index contributed by atoms with van der Waals surface area (Å²) in [6.45, 7) is 42.2. The highest BCUT2D eigenvalue weighted by Gasteiger charge is 2.44. The van der Waals surface area contributed by atoms with Crippen molar-refractivity contribution in [2.45, 2.75) is 194 Å². The molecule has 18 heteroatoms. The summed E-state index contributed by atoms with van der Waals surface area (Å²) in [7, 11) is -13.8. The minimum atomic E-state index is -2.33. The molecule has 54 heavy (non-hydrogen) atoms. The van der Waals surface area contributed by atoms with Crippen molar-refractivity contribution in [2.24, 2.45) is 0 Å². The Balaban J connectivity index is 0. The molecule has 0 aliphatic rings. The largest absolute Gasteiger partial charge is 0.437 e. The molecule has 0 spiro atoms. The van der Waals surface area contributed by atoms with Crippen molar-refractivity contribution in [2.75, 3.05) is 39.6 Å². The fourth-order valence-electron chi connectivity index (χ4n) is 6.21. The van der Waals surface area contributed by atoms with Gasteiger partial charge in [-0.05, 0) is 155 Å². The molecule has 3 N–H and O–H groups in total. The first kappa shape index (κ1) is 57.2. The van der Waals surface area contributed by atoms with Crippen LogP contribution in [0, 0.1) is 0 Å². The molecular formula is C36H90O11Si7. The van der Waals surface area contributed by atoms with Crippen LogP contribution in [0.5, 0.6) is 0 Å². The van der Waals surface area contributed by atoms with Gasteiger partial charge in [0.1, 0.15) is 0 Å². The second kappa shape index (κ2) is 27.0. The molecule has 0 heterocycles. The van der Waals surface area contributed by atoms with Crippen LogP contribution in [0.15, 0.2) is 0 Å². The summed E-state index contributed by atoms with van der Waals surface area (Å²) in [5.41, 5.74) is 0. The summed E-state index contributed by atoms with van der Waals surface area (Å²) < 4.78 is 49.4. The molecule has 0 aliphatic heterocycles. The van der Waals surface area contributed by atoms with Gasteiger partial charge < -0.3 is 50.1 Å². The summed E-state index contributed by atoms with van der Waals surface area (Å²) in [6, 6.07) is 2.96. The average molecular weight is 896 g/mol. The Morgan fingerprint density at radius 3 is 0.981 bits per heavy atom. The highest BCUT2D eigenvalue weighted by Crippen LogP contribution is 2.28. The highest BCUT2D eigenvalue weighted by atomic mass is 28.5. The molecule has 0 amide bonds. The summed E-state index contributed by atoms with van der Waals surface area (Å²) in [6.07, 6.45) is 3.91. The lowest BCUT2D eigenvalue weighted by Crippen LogP contribution is -2.56. The van der Waals surface area contributed by atoms with Crippen molar-refractivity contribution in [1.29, 1.82) is 0 Å². The Kier molecular flexibility index (Phi) is 28.6. The van der Waals surface area contributed by atoms with E-state index in [0.29, 0.717) is 39.6 Å². The molecule has 0 bridgehead atoms. The monoisotopic (exact) mass is 894 g/mol. The molecule has 328 valence electrons. The van der Waals surface area contributed by atoms with Crippen molar-refractivity contribution in [3.8, 4) is 0 Å². The first-order valence-corrected chi connectivity index (χ1v) is 41.9. The summed E-state index contributed by atoms with van der Waals surface area (Å²) in [5.74, 6) is 0. The van der Waals surface area contributed by atoms with Gasteiger partial charge >= 0.3 is 25.7 Å². The molecule has 0 radical (unpaired) electrons. The van der Waals surface area contributed by atoms with Crippen molar-refractivity contribution in [3.63, 3.8) is 0 Å². The molecule has 0 rings (SSSR count). The molecule has 0 aromatic carbocycles. The van der Waals surface area contributed by atoms with Gasteiger partial charge in [-0.1, -0.05) is 20.8 Å². The lowest BCUT2D eigenvalue weighted by molar-refractivity contribution is 0.0349. The van der Waals surface area contributed by atoms with Crippen LogP contribution in [-0.4, -0.2) is 132 Å². The Bertz CT molecular complexity index is 915. The molecule has 4 unspecified atom stereocenters. The first-order chi connectivity index (χ1) is 24.4. The average Bonchev–Trinajstić information content (AvgIpc) is 2.96. The summed E-state index contributed by atoms with van der Waals surface area (Å²) >= 11 is 0. The first-order valence-electron chi connectivity index (χ1n) is 20.7. The van der Waals surface area contributed by atoms with Crippen LogP contribution in [-0.2, 0) is 34.8 Å². The smallest absolute Gasteiger partial charge is 0.315 e. The second-order valence-electron chi connectivity index (χ2n) is 18.9. The third kappa shape index (κ3) is 35.1. The standard InChI is InChI=1S/C20H48O6Si3.C16H42O5Si4/c1-9-19(21)17-23-13-11-15-27(3,4)25-29(7,8)26-28(5,6)16-12-14-24-18-20(22)10-2;1-11-16(17)15-18-13-12-14-25(10,20-23(5,6)7)21-24(8,9)19-22(2,3)4/h19-22H,9-18H2,1-8H3;16-17H,11-15H2,1-10H3. The van der Waals surface area contributed by atoms with Crippen molar-refractivity contribution in [3.05, 3.63) is 0 Å². The third-order valence-corrected chi connectivity index (χ3v) is 33.0. The molecule has 0 aliphatic carbocycles. The minimum absolute atomic E-state index is 0.356. The topological polar surface area (TPSA) is 135 Å². The fraction of sp³-hybridized carbons (Fsp3) is 1.00. The van der Waals surface area contributed by atoms with Crippen LogP contribution in [0.25, 0.3) is 0 Å². The van der Waals surface area contributed by atoms with Crippen LogP contribution in [0.2, 0.25) is 116 Å². The number of rotatable bonds is 31.